The van der Waals surface area contributed by atoms with E-state index in [0.29, 0.717) is 5.75 Å². The van der Waals surface area contributed by atoms with Crippen molar-refractivity contribution >= 4 is 18.0 Å². The molecule has 0 aliphatic heterocycles. The lowest BCUT2D eigenvalue weighted by atomic mass is 9.96. The molecule has 1 aromatic carbocycles. The van der Waals surface area contributed by atoms with Crippen LogP contribution in [0.15, 0.2) is 12.1 Å². The van der Waals surface area contributed by atoms with Crippen LogP contribution in [0.25, 0.3) is 0 Å². The number of esters is 2. The summed E-state index contributed by atoms with van der Waals surface area (Å²) in [5, 5.41) is 2.55. The summed E-state index contributed by atoms with van der Waals surface area (Å²) in [7, 11) is 1.26. The number of benzene rings is 1. The maximum atomic E-state index is 12.1. The molecule has 1 rings (SSSR count). The molecule has 7 heteroatoms. The molecule has 0 aliphatic carbocycles. The second-order valence-electron chi connectivity index (χ2n) is 7.06. The lowest BCUT2D eigenvalue weighted by Crippen LogP contribution is -2.45. The molecule has 0 fully saturated rings. The number of amides is 1. The Morgan fingerprint density at radius 2 is 1.65 bits per heavy atom. The largest absolute Gasteiger partial charge is 0.467 e. The Morgan fingerprint density at radius 3 is 2.08 bits per heavy atom. The summed E-state index contributed by atoms with van der Waals surface area (Å²) in [5.41, 5.74) is 1.84. The van der Waals surface area contributed by atoms with Crippen molar-refractivity contribution in [2.24, 2.45) is 0 Å². The molecule has 0 saturated heterocycles. The van der Waals surface area contributed by atoms with Crippen LogP contribution in [0.1, 0.15) is 44.4 Å². The SMILES string of the molecule is COC(=O)[C@H](Cc1c(C)cc(OC(C)=O)cc1C)NC(=O)OC(C)(C)C. The molecule has 0 spiro atoms. The first-order chi connectivity index (χ1) is 11.9. The number of hydrogen-bond acceptors (Lipinski definition) is 6. The zero-order valence-corrected chi connectivity index (χ0v) is 16.4. The Labute approximate surface area is 154 Å². The number of ether oxygens (including phenoxy) is 3. The first-order valence-electron chi connectivity index (χ1n) is 8.29. The Bertz CT molecular complexity index is 667. The van der Waals surface area contributed by atoms with Crippen LogP contribution in [0.3, 0.4) is 0 Å². The normalized spacial score (nSPS) is 12.1. The quantitative estimate of drug-likeness (QED) is 0.637. The van der Waals surface area contributed by atoms with Crippen LogP contribution in [0.5, 0.6) is 5.75 Å². The van der Waals surface area contributed by atoms with Crippen molar-refractivity contribution in [2.75, 3.05) is 7.11 Å². The molecule has 0 aromatic heterocycles. The fourth-order valence-corrected chi connectivity index (χ4v) is 2.49. The third kappa shape index (κ3) is 6.74. The molecule has 0 saturated carbocycles. The highest BCUT2D eigenvalue weighted by atomic mass is 16.6. The summed E-state index contributed by atoms with van der Waals surface area (Å²) < 4.78 is 15.1. The lowest BCUT2D eigenvalue weighted by Gasteiger charge is -2.23. The van der Waals surface area contributed by atoms with E-state index in [-0.39, 0.29) is 6.42 Å². The van der Waals surface area contributed by atoms with Crippen molar-refractivity contribution in [3.05, 3.63) is 28.8 Å². The van der Waals surface area contributed by atoms with E-state index in [1.54, 1.807) is 32.9 Å². The molecule has 7 nitrogen and oxygen atoms in total. The van der Waals surface area contributed by atoms with Gasteiger partial charge >= 0.3 is 18.0 Å². The van der Waals surface area contributed by atoms with Crippen LogP contribution in [0.4, 0.5) is 4.79 Å². The molecule has 1 N–H and O–H groups in total. The Balaban J connectivity index is 3.03. The van der Waals surface area contributed by atoms with Crippen LogP contribution in [-0.2, 0) is 25.5 Å². The molecule has 1 atom stereocenters. The van der Waals surface area contributed by atoms with Gasteiger partial charge < -0.3 is 19.5 Å². The van der Waals surface area contributed by atoms with Crippen molar-refractivity contribution in [3.63, 3.8) is 0 Å². The highest BCUT2D eigenvalue weighted by Crippen LogP contribution is 2.23. The second kappa shape index (κ2) is 8.69. The minimum atomic E-state index is -0.896. The van der Waals surface area contributed by atoms with Crippen LogP contribution in [0, 0.1) is 13.8 Å². The van der Waals surface area contributed by atoms with E-state index >= 15 is 0 Å². The summed E-state index contributed by atoms with van der Waals surface area (Å²) >= 11 is 0. The molecular formula is C19H27NO6. The molecule has 0 heterocycles. The number of methoxy groups -OCH3 is 1. The highest BCUT2D eigenvalue weighted by molar-refractivity contribution is 5.81. The standard InChI is InChI=1S/C19H27NO6/c1-11-8-14(25-13(3)21)9-12(2)15(11)10-16(17(22)24-7)20-18(23)26-19(4,5)6/h8-9,16H,10H2,1-7H3,(H,20,23)/t16-/m0/s1. The monoisotopic (exact) mass is 365 g/mol. The number of carbonyl (C=O) groups is 3. The Hall–Kier alpha value is -2.57. The van der Waals surface area contributed by atoms with Gasteiger partial charge in [-0.1, -0.05) is 0 Å². The van der Waals surface area contributed by atoms with E-state index in [9.17, 15) is 14.4 Å². The van der Waals surface area contributed by atoms with Crippen LogP contribution < -0.4 is 10.1 Å². The number of hydrogen-bond donors (Lipinski definition) is 1. The fourth-order valence-electron chi connectivity index (χ4n) is 2.49. The molecule has 144 valence electrons. The van der Waals surface area contributed by atoms with E-state index in [1.807, 2.05) is 13.8 Å². The third-order valence-corrected chi connectivity index (χ3v) is 3.52. The van der Waals surface area contributed by atoms with Crippen molar-refractivity contribution in [1.29, 1.82) is 0 Å². The third-order valence-electron chi connectivity index (χ3n) is 3.52. The lowest BCUT2D eigenvalue weighted by molar-refractivity contribution is -0.143. The molecule has 1 amide bonds. The van der Waals surface area contributed by atoms with E-state index in [4.69, 9.17) is 14.2 Å². The van der Waals surface area contributed by atoms with Gasteiger partial charge in [-0.05, 0) is 63.4 Å². The van der Waals surface area contributed by atoms with Gasteiger partial charge in [0.15, 0.2) is 0 Å². The van der Waals surface area contributed by atoms with Crippen molar-refractivity contribution in [1.82, 2.24) is 5.32 Å². The number of carbonyl (C=O) groups excluding carboxylic acids is 3. The molecule has 26 heavy (non-hydrogen) atoms. The van der Waals surface area contributed by atoms with Gasteiger partial charge in [0, 0.05) is 13.3 Å². The maximum Gasteiger partial charge on any atom is 0.408 e. The van der Waals surface area contributed by atoms with E-state index in [0.717, 1.165) is 16.7 Å². The van der Waals surface area contributed by atoms with Gasteiger partial charge in [-0.2, -0.15) is 0 Å². The number of alkyl carbamates (subject to hydrolysis) is 1. The summed E-state index contributed by atoms with van der Waals surface area (Å²) in [6.45, 7) is 10.2. The van der Waals surface area contributed by atoms with Gasteiger partial charge in [-0.15, -0.1) is 0 Å². The number of aryl methyl sites for hydroxylation is 2. The minimum absolute atomic E-state index is 0.226. The second-order valence-corrected chi connectivity index (χ2v) is 7.06. The number of rotatable bonds is 5. The number of nitrogens with one attached hydrogen (secondary N) is 1. The summed E-state index contributed by atoms with van der Waals surface area (Å²) in [5.74, 6) is -0.541. The molecule has 0 aliphatic rings. The van der Waals surface area contributed by atoms with Gasteiger partial charge in [0.1, 0.15) is 17.4 Å². The fraction of sp³-hybridized carbons (Fsp3) is 0.526. The minimum Gasteiger partial charge on any atom is -0.467 e. The van der Waals surface area contributed by atoms with Crippen LogP contribution in [0.2, 0.25) is 0 Å². The predicted molar refractivity (Wildman–Crippen MR) is 96.1 cm³/mol. The van der Waals surface area contributed by atoms with Gasteiger partial charge in [-0.25, -0.2) is 9.59 Å². The van der Waals surface area contributed by atoms with E-state index in [2.05, 4.69) is 5.32 Å². The smallest absolute Gasteiger partial charge is 0.408 e. The zero-order valence-electron chi connectivity index (χ0n) is 16.4. The Morgan fingerprint density at radius 1 is 1.12 bits per heavy atom. The Kier molecular flexibility index (Phi) is 7.18. The maximum absolute atomic E-state index is 12.1. The van der Waals surface area contributed by atoms with Crippen LogP contribution >= 0.6 is 0 Å². The van der Waals surface area contributed by atoms with Gasteiger partial charge in [0.25, 0.3) is 0 Å². The van der Waals surface area contributed by atoms with Crippen molar-refractivity contribution in [3.8, 4) is 5.75 Å². The van der Waals surface area contributed by atoms with Crippen molar-refractivity contribution in [2.45, 2.75) is 59.6 Å². The highest BCUT2D eigenvalue weighted by Gasteiger charge is 2.26. The average Bonchev–Trinajstić information content (AvgIpc) is 2.46. The topological polar surface area (TPSA) is 90.9 Å². The van der Waals surface area contributed by atoms with E-state index < -0.39 is 29.7 Å². The van der Waals surface area contributed by atoms with Gasteiger partial charge in [-0.3, -0.25) is 4.79 Å². The van der Waals surface area contributed by atoms with E-state index in [1.165, 1.54) is 14.0 Å². The molecular weight excluding hydrogens is 338 g/mol. The predicted octanol–water partition coefficient (Wildman–Crippen LogP) is 2.84. The summed E-state index contributed by atoms with van der Waals surface area (Å²) in [6.07, 6.45) is -0.469. The molecule has 0 unspecified atom stereocenters. The van der Waals surface area contributed by atoms with Gasteiger partial charge in [0.2, 0.25) is 0 Å². The zero-order chi connectivity index (χ0) is 20.1. The summed E-state index contributed by atoms with van der Waals surface area (Å²) in [4.78, 5) is 35.2. The summed E-state index contributed by atoms with van der Waals surface area (Å²) in [6, 6.07) is 2.53. The van der Waals surface area contributed by atoms with Crippen molar-refractivity contribution < 1.29 is 28.6 Å². The molecule has 1 aromatic rings. The first kappa shape index (κ1) is 21.5. The van der Waals surface area contributed by atoms with Crippen LogP contribution in [-0.4, -0.2) is 36.8 Å². The first-order valence-corrected chi connectivity index (χ1v) is 8.29. The van der Waals surface area contributed by atoms with Gasteiger partial charge in [0.05, 0.1) is 7.11 Å². The average molecular weight is 365 g/mol. The molecule has 0 radical (unpaired) electrons. The molecule has 0 bridgehead atoms.